The van der Waals surface area contributed by atoms with Gasteiger partial charge in [0.2, 0.25) is 5.91 Å². The van der Waals surface area contributed by atoms with Gasteiger partial charge in [0, 0.05) is 25.0 Å². The maximum atomic E-state index is 12.6. The van der Waals surface area contributed by atoms with E-state index in [1.54, 1.807) is 0 Å². The highest BCUT2D eigenvalue weighted by Gasteiger charge is 2.29. The molecule has 0 N–H and O–H groups in total. The number of hydrogen-bond acceptors (Lipinski definition) is 3. The molecule has 22 heavy (non-hydrogen) atoms. The van der Waals surface area contributed by atoms with E-state index in [9.17, 15) is 4.79 Å². The number of nitrogens with zero attached hydrogens (tertiary/aromatic N) is 4. The van der Waals surface area contributed by atoms with Crippen molar-refractivity contribution < 1.29 is 4.79 Å². The molecule has 5 heteroatoms. The minimum Gasteiger partial charge on any atom is -0.339 e. The van der Waals surface area contributed by atoms with E-state index in [1.807, 2.05) is 6.20 Å². The van der Waals surface area contributed by atoms with E-state index in [2.05, 4.69) is 33.2 Å². The highest BCUT2D eigenvalue weighted by Crippen LogP contribution is 2.25. The third-order valence-electron chi connectivity index (χ3n) is 5.11. The van der Waals surface area contributed by atoms with Crippen LogP contribution >= 0.6 is 0 Å². The van der Waals surface area contributed by atoms with Crippen LogP contribution < -0.4 is 0 Å². The lowest BCUT2D eigenvalue weighted by Crippen LogP contribution is -2.39. The Hall–Kier alpha value is -1.36. The number of likely N-dealkylation sites (tertiary alicyclic amines) is 2. The first kappa shape index (κ1) is 15.5. The summed E-state index contributed by atoms with van der Waals surface area (Å²) in [6, 6.07) is 0.399. The molecule has 0 saturated carbocycles. The number of hydrogen-bond donors (Lipinski definition) is 0. The predicted molar refractivity (Wildman–Crippen MR) is 86.8 cm³/mol. The lowest BCUT2D eigenvalue weighted by Gasteiger charge is -2.24. The van der Waals surface area contributed by atoms with E-state index < -0.39 is 0 Å². The SMILES string of the molecule is Cc1cnc(C)n1C1CCN(C(=O)CN2CCCCCC2)C1. The molecule has 3 rings (SSSR count). The lowest BCUT2D eigenvalue weighted by molar-refractivity contribution is -0.131. The quantitative estimate of drug-likeness (QED) is 0.859. The second kappa shape index (κ2) is 6.82. The Morgan fingerprint density at radius 1 is 1.18 bits per heavy atom. The number of carbonyl (C=O) groups excluding carboxylic acids is 1. The Labute approximate surface area is 133 Å². The van der Waals surface area contributed by atoms with Gasteiger partial charge in [-0.2, -0.15) is 0 Å². The van der Waals surface area contributed by atoms with Crippen molar-refractivity contribution >= 4 is 5.91 Å². The molecule has 3 heterocycles. The molecule has 0 aromatic carbocycles. The van der Waals surface area contributed by atoms with Gasteiger partial charge in [-0.25, -0.2) is 4.98 Å². The number of amides is 1. The van der Waals surface area contributed by atoms with Gasteiger partial charge in [0.25, 0.3) is 0 Å². The van der Waals surface area contributed by atoms with Crippen molar-refractivity contribution in [2.75, 3.05) is 32.7 Å². The van der Waals surface area contributed by atoms with Gasteiger partial charge in [-0.05, 0) is 46.2 Å². The largest absolute Gasteiger partial charge is 0.339 e. The highest BCUT2D eigenvalue weighted by atomic mass is 16.2. The van der Waals surface area contributed by atoms with Crippen LogP contribution in [0.3, 0.4) is 0 Å². The van der Waals surface area contributed by atoms with Crippen LogP contribution in [0.2, 0.25) is 0 Å². The molecule has 2 saturated heterocycles. The third-order valence-corrected chi connectivity index (χ3v) is 5.11. The second-order valence-electron chi connectivity index (χ2n) is 6.79. The number of rotatable bonds is 3. The van der Waals surface area contributed by atoms with E-state index in [0.29, 0.717) is 18.5 Å². The van der Waals surface area contributed by atoms with Gasteiger partial charge in [0.1, 0.15) is 5.82 Å². The Morgan fingerprint density at radius 3 is 2.55 bits per heavy atom. The minimum atomic E-state index is 0.305. The van der Waals surface area contributed by atoms with Crippen molar-refractivity contribution in [1.29, 1.82) is 0 Å². The molecular weight excluding hydrogens is 276 g/mol. The van der Waals surface area contributed by atoms with Crippen LogP contribution in [0.25, 0.3) is 0 Å². The van der Waals surface area contributed by atoms with Crippen LogP contribution in [-0.4, -0.2) is 58.0 Å². The normalized spacial score (nSPS) is 23.7. The first-order chi connectivity index (χ1) is 10.6. The first-order valence-electron chi connectivity index (χ1n) is 8.65. The molecule has 0 radical (unpaired) electrons. The zero-order chi connectivity index (χ0) is 15.5. The van der Waals surface area contributed by atoms with Crippen LogP contribution in [0.1, 0.15) is 49.7 Å². The Kier molecular flexibility index (Phi) is 4.81. The van der Waals surface area contributed by atoms with Gasteiger partial charge in [-0.15, -0.1) is 0 Å². The molecule has 1 unspecified atom stereocenters. The predicted octanol–water partition coefficient (Wildman–Crippen LogP) is 2.15. The molecule has 1 aromatic rings. The molecule has 122 valence electrons. The third kappa shape index (κ3) is 3.35. The summed E-state index contributed by atoms with van der Waals surface area (Å²) in [5.74, 6) is 1.36. The fourth-order valence-corrected chi connectivity index (χ4v) is 3.88. The van der Waals surface area contributed by atoms with E-state index in [0.717, 1.165) is 38.4 Å². The number of imidazole rings is 1. The molecule has 0 bridgehead atoms. The van der Waals surface area contributed by atoms with E-state index in [-0.39, 0.29) is 0 Å². The van der Waals surface area contributed by atoms with Crippen LogP contribution in [-0.2, 0) is 4.79 Å². The average Bonchev–Trinajstić information content (AvgIpc) is 3.00. The summed E-state index contributed by atoms with van der Waals surface area (Å²) < 4.78 is 2.29. The molecule has 2 aliphatic rings. The average molecular weight is 304 g/mol. The second-order valence-corrected chi connectivity index (χ2v) is 6.79. The van der Waals surface area contributed by atoms with Crippen molar-refractivity contribution in [3.05, 3.63) is 17.7 Å². The molecule has 0 spiro atoms. The van der Waals surface area contributed by atoms with Crippen LogP contribution in [0, 0.1) is 13.8 Å². The van der Waals surface area contributed by atoms with Gasteiger partial charge in [0.05, 0.1) is 12.6 Å². The summed E-state index contributed by atoms with van der Waals surface area (Å²) in [5, 5.41) is 0. The molecule has 0 aliphatic carbocycles. The Morgan fingerprint density at radius 2 is 1.91 bits per heavy atom. The summed E-state index contributed by atoms with van der Waals surface area (Å²) in [5.41, 5.74) is 1.20. The fourth-order valence-electron chi connectivity index (χ4n) is 3.88. The van der Waals surface area contributed by atoms with Gasteiger partial charge in [-0.1, -0.05) is 12.8 Å². The first-order valence-corrected chi connectivity index (χ1v) is 8.65. The van der Waals surface area contributed by atoms with E-state index in [1.165, 1.54) is 31.4 Å². The van der Waals surface area contributed by atoms with Crippen molar-refractivity contribution in [3.8, 4) is 0 Å². The van der Waals surface area contributed by atoms with Crippen molar-refractivity contribution in [2.24, 2.45) is 0 Å². The molecular formula is C17H28N4O. The number of aryl methyl sites for hydroxylation is 2. The van der Waals surface area contributed by atoms with Crippen LogP contribution in [0.15, 0.2) is 6.20 Å². The Bertz CT molecular complexity index is 497. The standard InChI is InChI=1S/C17H28N4O/c1-14-11-18-15(2)21(14)16-7-10-20(12-16)17(22)13-19-8-5-3-4-6-9-19/h11,16H,3-10,12-13H2,1-2H3. The number of carbonyl (C=O) groups is 1. The zero-order valence-electron chi connectivity index (χ0n) is 13.9. The smallest absolute Gasteiger partial charge is 0.236 e. The summed E-state index contributed by atoms with van der Waals surface area (Å²) in [6.45, 7) is 8.65. The summed E-state index contributed by atoms with van der Waals surface area (Å²) in [6.07, 6.45) is 8.08. The van der Waals surface area contributed by atoms with Gasteiger partial charge < -0.3 is 9.47 Å². The maximum Gasteiger partial charge on any atom is 0.236 e. The van der Waals surface area contributed by atoms with Gasteiger partial charge in [-0.3, -0.25) is 9.69 Å². The van der Waals surface area contributed by atoms with Crippen LogP contribution in [0.4, 0.5) is 0 Å². The summed E-state index contributed by atoms with van der Waals surface area (Å²) >= 11 is 0. The summed E-state index contributed by atoms with van der Waals surface area (Å²) in [7, 11) is 0. The van der Waals surface area contributed by atoms with Gasteiger partial charge in [0.15, 0.2) is 0 Å². The van der Waals surface area contributed by atoms with Gasteiger partial charge >= 0.3 is 0 Å². The molecule has 2 aliphatic heterocycles. The number of aromatic nitrogens is 2. The topological polar surface area (TPSA) is 41.4 Å². The van der Waals surface area contributed by atoms with E-state index in [4.69, 9.17) is 0 Å². The molecule has 1 atom stereocenters. The molecule has 5 nitrogen and oxygen atoms in total. The van der Waals surface area contributed by atoms with Crippen molar-refractivity contribution in [3.63, 3.8) is 0 Å². The summed E-state index contributed by atoms with van der Waals surface area (Å²) in [4.78, 5) is 21.3. The highest BCUT2D eigenvalue weighted by molar-refractivity contribution is 5.78. The molecule has 1 aromatic heterocycles. The van der Waals surface area contributed by atoms with Crippen LogP contribution in [0.5, 0.6) is 0 Å². The van der Waals surface area contributed by atoms with Crippen molar-refractivity contribution in [2.45, 2.75) is 52.0 Å². The fraction of sp³-hybridized carbons (Fsp3) is 0.765. The maximum absolute atomic E-state index is 12.6. The monoisotopic (exact) mass is 304 g/mol. The minimum absolute atomic E-state index is 0.305. The van der Waals surface area contributed by atoms with Crippen molar-refractivity contribution in [1.82, 2.24) is 19.4 Å². The van der Waals surface area contributed by atoms with E-state index >= 15 is 0 Å². The molecule has 2 fully saturated rings. The lowest BCUT2D eigenvalue weighted by atomic mass is 10.2. The molecule has 1 amide bonds. The zero-order valence-corrected chi connectivity index (χ0v) is 13.9. The Balaban J connectivity index is 1.56.